The highest BCUT2D eigenvalue weighted by molar-refractivity contribution is 7.90. The van der Waals surface area contributed by atoms with E-state index in [4.69, 9.17) is 0 Å². The summed E-state index contributed by atoms with van der Waals surface area (Å²) in [5.41, 5.74) is 0.495. The molecule has 0 saturated carbocycles. The maximum Gasteiger partial charge on any atom is 0.263 e. The van der Waals surface area contributed by atoms with Gasteiger partial charge >= 0.3 is 0 Å². The first kappa shape index (κ1) is 22.9. The molecule has 1 amide bonds. The van der Waals surface area contributed by atoms with E-state index < -0.39 is 22.1 Å². The summed E-state index contributed by atoms with van der Waals surface area (Å²) in [6, 6.07) is 7.31. The molecule has 1 aromatic carbocycles. The van der Waals surface area contributed by atoms with Crippen LogP contribution in [0, 0.1) is 16.7 Å². The minimum absolute atomic E-state index is 0.0316. The van der Waals surface area contributed by atoms with Gasteiger partial charge in [-0.2, -0.15) is 5.26 Å². The highest BCUT2D eigenvalue weighted by Gasteiger charge is 2.32. The second-order valence-corrected chi connectivity index (χ2v) is 9.78. The molecule has 1 aliphatic heterocycles. The van der Waals surface area contributed by atoms with Crippen LogP contribution in [0.15, 0.2) is 34.2 Å². The van der Waals surface area contributed by atoms with E-state index in [1.807, 2.05) is 6.92 Å². The number of sulfonamides is 1. The Balaban J connectivity index is 2.34. The molecule has 7 nitrogen and oxygen atoms in total. The Hall–Kier alpha value is -2.40. The number of nitrogens with one attached hydrogen (secondary N) is 2. The van der Waals surface area contributed by atoms with Gasteiger partial charge in [0.15, 0.2) is 0 Å². The van der Waals surface area contributed by atoms with Crippen molar-refractivity contribution in [3.63, 3.8) is 0 Å². The van der Waals surface area contributed by atoms with Crippen molar-refractivity contribution in [3.05, 3.63) is 29.8 Å². The highest BCUT2D eigenvalue weighted by atomic mass is 32.2. The van der Waals surface area contributed by atoms with E-state index in [2.05, 4.69) is 41.9 Å². The maximum atomic E-state index is 12.9. The lowest BCUT2D eigenvalue weighted by atomic mass is 9.84. The second-order valence-electron chi connectivity index (χ2n) is 8.13. The number of carbonyl (C=O) groups is 1. The summed E-state index contributed by atoms with van der Waals surface area (Å²) in [5.74, 6) is -0.174. The van der Waals surface area contributed by atoms with E-state index in [-0.39, 0.29) is 22.1 Å². The molecule has 0 aromatic heterocycles. The van der Waals surface area contributed by atoms with E-state index in [9.17, 15) is 18.5 Å². The molecular weight excluding hydrogens is 388 g/mol. The zero-order chi connectivity index (χ0) is 21.7. The van der Waals surface area contributed by atoms with Crippen molar-refractivity contribution in [1.29, 1.82) is 5.26 Å². The molecule has 2 atom stereocenters. The van der Waals surface area contributed by atoms with Crippen molar-refractivity contribution in [2.45, 2.75) is 76.8 Å². The molecule has 1 aromatic rings. The number of carbonyl (C=O) groups excluding carboxylic acids is 1. The molecule has 2 rings (SSSR count). The van der Waals surface area contributed by atoms with Gasteiger partial charge in [-0.3, -0.25) is 14.5 Å². The second kappa shape index (κ2) is 9.40. The zero-order valence-electron chi connectivity index (χ0n) is 17.5. The molecule has 0 spiro atoms. The molecular formula is C21H30N4O3S. The number of fused-ring (bicyclic) bond motifs is 1. The van der Waals surface area contributed by atoms with Crippen LogP contribution in [0.4, 0.5) is 0 Å². The van der Waals surface area contributed by atoms with Crippen molar-refractivity contribution < 1.29 is 13.2 Å². The predicted molar refractivity (Wildman–Crippen MR) is 113 cm³/mol. The molecule has 29 heavy (non-hydrogen) atoms. The van der Waals surface area contributed by atoms with Crippen molar-refractivity contribution in [1.82, 2.24) is 10.0 Å². The van der Waals surface area contributed by atoms with E-state index in [0.717, 1.165) is 19.3 Å². The summed E-state index contributed by atoms with van der Waals surface area (Å²) in [7, 11) is -3.68. The largest absolute Gasteiger partial charge is 0.339 e. The number of nitriles is 1. The Morgan fingerprint density at radius 2 is 1.97 bits per heavy atom. The molecule has 8 heteroatoms. The van der Waals surface area contributed by atoms with Gasteiger partial charge in [0.25, 0.3) is 10.0 Å². The summed E-state index contributed by atoms with van der Waals surface area (Å²) < 4.78 is 27.2. The molecule has 1 heterocycles. The number of hydrogen-bond donors (Lipinski definition) is 2. The maximum absolute atomic E-state index is 12.9. The Labute approximate surface area is 173 Å². The fraction of sp³-hybridized carbons (Fsp3) is 0.571. The monoisotopic (exact) mass is 418 g/mol. The van der Waals surface area contributed by atoms with Crippen LogP contribution in [0.2, 0.25) is 0 Å². The van der Waals surface area contributed by atoms with Crippen LogP contribution in [0.5, 0.6) is 0 Å². The Morgan fingerprint density at radius 3 is 2.59 bits per heavy atom. The first-order valence-electron chi connectivity index (χ1n) is 10.0. The average molecular weight is 419 g/mol. The summed E-state index contributed by atoms with van der Waals surface area (Å²) in [6.45, 7) is 8.28. The number of hydrogen-bond acceptors (Lipinski definition) is 5. The van der Waals surface area contributed by atoms with Crippen LogP contribution in [-0.2, 0) is 14.8 Å². The van der Waals surface area contributed by atoms with E-state index in [1.165, 1.54) is 6.07 Å². The Morgan fingerprint density at radius 1 is 1.28 bits per heavy atom. The SMILES string of the molecule is CCCC(C#N)NC(=O)C(CCC(C)(C)CC)N=C1NS(=O)(=O)c2ccccc21. The number of benzene rings is 1. The summed E-state index contributed by atoms with van der Waals surface area (Å²) in [4.78, 5) is 17.6. The van der Waals surface area contributed by atoms with Gasteiger partial charge in [-0.1, -0.05) is 52.7 Å². The predicted octanol–water partition coefficient (Wildman–Crippen LogP) is 3.12. The molecule has 0 bridgehead atoms. The number of nitrogens with zero attached hydrogens (tertiary/aromatic N) is 2. The zero-order valence-corrected chi connectivity index (χ0v) is 18.3. The minimum Gasteiger partial charge on any atom is -0.339 e. The molecule has 0 fully saturated rings. The molecule has 2 N–H and O–H groups in total. The third-order valence-corrected chi connectivity index (χ3v) is 6.75. The van der Waals surface area contributed by atoms with Gasteiger partial charge in [-0.15, -0.1) is 0 Å². The van der Waals surface area contributed by atoms with Crippen molar-refractivity contribution in [2.75, 3.05) is 0 Å². The number of rotatable bonds is 9. The first-order valence-corrected chi connectivity index (χ1v) is 11.5. The molecule has 0 radical (unpaired) electrons. The Kier molecular flexibility index (Phi) is 7.42. The van der Waals surface area contributed by atoms with Crippen LogP contribution >= 0.6 is 0 Å². The quantitative estimate of drug-likeness (QED) is 0.642. The molecule has 1 aliphatic rings. The van der Waals surface area contributed by atoms with Gasteiger partial charge in [0.05, 0.1) is 11.0 Å². The van der Waals surface area contributed by atoms with Gasteiger partial charge in [0, 0.05) is 5.56 Å². The standard InChI is InChI=1S/C21H30N4O3S/c1-5-9-15(14-22)23-20(26)17(12-13-21(3,4)6-2)24-19-16-10-7-8-11-18(16)29(27,28)25-19/h7-8,10-11,15,17H,5-6,9,12-13H2,1-4H3,(H,23,26)(H,24,25). The van der Waals surface area contributed by atoms with Crippen LogP contribution in [0.25, 0.3) is 0 Å². The number of aliphatic imine (C=N–C) groups is 1. The number of amidine groups is 1. The van der Waals surface area contributed by atoms with Gasteiger partial charge < -0.3 is 5.32 Å². The van der Waals surface area contributed by atoms with Crippen LogP contribution in [0.1, 0.15) is 65.4 Å². The van der Waals surface area contributed by atoms with Gasteiger partial charge in [-0.25, -0.2) is 8.42 Å². The van der Waals surface area contributed by atoms with Gasteiger partial charge in [0.1, 0.15) is 17.9 Å². The summed E-state index contributed by atoms with van der Waals surface area (Å²) >= 11 is 0. The summed E-state index contributed by atoms with van der Waals surface area (Å²) in [5, 5.41) is 12.0. The van der Waals surface area contributed by atoms with Crippen LogP contribution < -0.4 is 10.0 Å². The fourth-order valence-corrected chi connectivity index (χ4v) is 4.31. The van der Waals surface area contributed by atoms with Gasteiger partial charge in [0.2, 0.25) is 5.91 Å². The third-order valence-electron chi connectivity index (χ3n) is 5.35. The lowest BCUT2D eigenvalue weighted by Crippen LogP contribution is -2.41. The average Bonchev–Trinajstić information content (AvgIpc) is 2.95. The van der Waals surface area contributed by atoms with E-state index in [1.54, 1.807) is 18.2 Å². The Bertz CT molecular complexity index is 916. The van der Waals surface area contributed by atoms with E-state index >= 15 is 0 Å². The lowest BCUT2D eigenvalue weighted by Gasteiger charge is -2.25. The number of amides is 1. The smallest absolute Gasteiger partial charge is 0.263 e. The van der Waals surface area contributed by atoms with Gasteiger partial charge in [-0.05, 0) is 36.8 Å². The molecule has 158 valence electrons. The van der Waals surface area contributed by atoms with E-state index in [0.29, 0.717) is 18.4 Å². The summed E-state index contributed by atoms with van der Waals surface area (Å²) in [6.07, 6.45) is 3.49. The topological polar surface area (TPSA) is 111 Å². The minimum atomic E-state index is -3.68. The fourth-order valence-electron chi connectivity index (χ4n) is 3.07. The molecule has 0 aliphatic carbocycles. The first-order chi connectivity index (χ1) is 13.6. The van der Waals surface area contributed by atoms with Crippen LogP contribution in [0.3, 0.4) is 0 Å². The highest BCUT2D eigenvalue weighted by Crippen LogP contribution is 2.28. The van der Waals surface area contributed by atoms with Crippen molar-refractivity contribution in [3.8, 4) is 6.07 Å². The molecule has 2 unspecified atom stereocenters. The normalized spacial score (nSPS) is 18.4. The third kappa shape index (κ3) is 5.80. The van der Waals surface area contributed by atoms with Crippen molar-refractivity contribution in [2.24, 2.45) is 10.4 Å². The van der Waals surface area contributed by atoms with Crippen LogP contribution in [-0.4, -0.2) is 32.2 Å². The van der Waals surface area contributed by atoms with Crippen molar-refractivity contribution >= 4 is 21.8 Å². The lowest BCUT2D eigenvalue weighted by molar-refractivity contribution is -0.122. The molecule has 0 saturated heterocycles.